The summed E-state index contributed by atoms with van der Waals surface area (Å²) in [7, 11) is 0. The first-order valence-electron chi connectivity index (χ1n) is 5.20. The minimum atomic E-state index is -1.06. The van der Waals surface area contributed by atoms with Gasteiger partial charge in [0.25, 0.3) is 5.69 Å². The number of aromatic carboxylic acids is 1. The summed E-state index contributed by atoms with van der Waals surface area (Å²) in [5.41, 5.74) is 0.559. The highest BCUT2D eigenvalue weighted by Gasteiger charge is 2.17. The van der Waals surface area contributed by atoms with Crippen LogP contribution in [0.3, 0.4) is 0 Å². The lowest BCUT2D eigenvalue weighted by Crippen LogP contribution is -1.96. The summed E-state index contributed by atoms with van der Waals surface area (Å²) in [6.07, 6.45) is 0. The van der Waals surface area contributed by atoms with Gasteiger partial charge in [-0.3, -0.25) is 10.1 Å². The van der Waals surface area contributed by atoms with E-state index in [0.717, 1.165) is 11.3 Å². The van der Waals surface area contributed by atoms with Crippen LogP contribution in [0, 0.1) is 17.0 Å². The number of hydrogen-bond acceptors (Lipinski definition) is 6. The number of aryl methyl sites for hydroxylation is 1. The second-order valence-electron chi connectivity index (χ2n) is 3.64. The molecule has 0 atom stereocenters. The van der Waals surface area contributed by atoms with Crippen LogP contribution in [0.25, 0.3) is 0 Å². The number of para-hydroxylation sites is 2. The van der Waals surface area contributed by atoms with Crippen LogP contribution in [-0.2, 0) is 0 Å². The van der Waals surface area contributed by atoms with Crippen molar-refractivity contribution >= 4 is 33.8 Å². The average Bonchev–Trinajstić information content (AvgIpc) is 2.71. The van der Waals surface area contributed by atoms with Crippen molar-refractivity contribution in [1.82, 2.24) is 4.98 Å². The maximum atomic E-state index is 10.9. The summed E-state index contributed by atoms with van der Waals surface area (Å²) in [4.78, 5) is 25.4. The molecule has 1 heterocycles. The van der Waals surface area contributed by atoms with Crippen molar-refractivity contribution in [3.8, 4) is 0 Å². The lowest BCUT2D eigenvalue weighted by Gasteiger charge is -2.02. The first-order chi connectivity index (χ1) is 8.99. The van der Waals surface area contributed by atoms with Gasteiger partial charge in [-0.25, -0.2) is 9.78 Å². The number of nitro groups is 1. The molecule has 2 rings (SSSR count). The van der Waals surface area contributed by atoms with E-state index in [0.29, 0.717) is 10.8 Å². The van der Waals surface area contributed by atoms with Crippen LogP contribution >= 0.6 is 11.3 Å². The zero-order valence-electron chi connectivity index (χ0n) is 9.78. The second-order valence-corrected chi connectivity index (χ2v) is 4.64. The number of carboxylic acids is 1. The van der Waals surface area contributed by atoms with E-state index >= 15 is 0 Å². The number of anilines is 2. The predicted octanol–water partition coefficient (Wildman–Crippen LogP) is 2.80. The highest BCUT2D eigenvalue weighted by Crippen LogP contribution is 2.30. The fourth-order valence-electron chi connectivity index (χ4n) is 1.50. The predicted molar refractivity (Wildman–Crippen MR) is 70.2 cm³/mol. The molecule has 2 N–H and O–H groups in total. The molecule has 0 spiro atoms. The molecule has 98 valence electrons. The van der Waals surface area contributed by atoms with Crippen LogP contribution < -0.4 is 5.32 Å². The lowest BCUT2D eigenvalue weighted by molar-refractivity contribution is -0.383. The molecular weight excluding hydrogens is 270 g/mol. The van der Waals surface area contributed by atoms with Crippen LogP contribution in [0.4, 0.5) is 16.5 Å². The van der Waals surface area contributed by atoms with Crippen molar-refractivity contribution < 1.29 is 14.8 Å². The fourth-order valence-corrected chi connectivity index (χ4v) is 2.32. The molecular formula is C11H9N3O4S. The van der Waals surface area contributed by atoms with Gasteiger partial charge in [-0.05, 0) is 13.0 Å². The Kier molecular flexibility index (Phi) is 3.43. The van der Waals surface area contributed by atoms with Crippen LogP contribution in [0.5, 0.6) is 0 Å². The Morgan fingerprint density at radius 2 is 2.16 bits per heavy atom. The Labute approximate surface area is 111 Å². The van der Waals surface area contributed by atoms with E-state index in [2.05, 4.69) is 10.3 Å². The van der Waals surface area contributed by atoms with Crippen molar-refractivity contribution in [2.45, 2.75) is 6.92 Å². The highest BCUT2D eigenvalue weighted by molar-refractivity contribution is 7.17. The zero-order chi connectivity index (χ0) is 14.0. The first kappa shape index (κ1) is 13.0. The molecule has 0 saturated heterocycles. The van der Waals surface area contributed by atoms with E-state index in [1.165, 1.54) is 12.1 Å². The third-order valence-corrected chi connectivity index (χ3v) is 3.39. The maximum Gasteiger partial charge on any atom is 0.347 e. The molecule has 0 amide bonds. The van der Waals surface area contributed by atoms with Gasteiger partial charge >= 0.3 is 5.97 Å². The Hall–Kier alpha value is -2.48. The van der Waals surface area contributed by atoms with Crippen molar-refractivity contribution in [1.29, 1.82) is 0 Å². The topological polar surface area (TPSA) is 105 Å². The van der Waals surface area contributed by atoms with Gasteiger partial charge in [-0.1, -0.05) is 23.5 Å². The van der Waals surface area contributed by atoms with E-state index in [9.17, 15) is 14.9 Å². The minimum absolute atomic E-state index is 0.0905. The molecule has 2 aromatic rings. The van der Waals surface area contributed by atoms with Crippen LogP contribution in [0.2, 0.25) is 0 Å². The molecule has 1 aromatic heterocycles. The van der Waals surface area contributed by atoms with E-state index in [1.807, 2.05) is 0 Å². The molecule has 0 unspecified atom stereocenters. The van der Waals surface area contributed by atoms with Gasteiger partial charge < -0.3 is 10.4 Å². The molecule has 0 aliphatic rings. The Balaban J connectivity index is 2.34. The lowest BCUT2D eigenvalue weighted by atomic mass is 10.3. The molecule has 1 aromatic carbocycles. The number of thiazole rings is 1. The van der Waals surface area contributed by atoms with Gasteiger partial charge in [0.2, 0.25) is 0 Å². The first-order valence-corrected chi connectivity index (χ1v) is 6.02. The summed E-state index contributed by atoms with van der Waals surface area (Å²) in [6.45, 7) is 1.57. The maximum absolute atomic E-state index is 10.9. The molecule has 0 aliphatic heterocycles. The largest absolute Gasteiger partial charge is 0.477 e. The van der Waals surface area contributed by atoms with Crippen molar-refractivity contribution in [3.05, 3.63) is 45.0 Å². The number of nitro benzene ring substituents is 1. The number of carboxylic acid groups (broad SMARTS) is 1. The van der Waals surface area contributed by atoms with Gasteiger partial charge in [0.15, 0.2) is 5.13 Å². The molecule has 7 nitrogen and oxygen atoms in total. The number of nitrogens with one attached hydrogen (secondary N) is 1. The Morgan fingerprint density at radius 3 is 2.74 bits per heavy atom. The van der Waals surface area contributed by atoms with Gasteiger partial charge in [0.1, 0.15) is 10.6 Å². The third kappa shape index (κ3) is 2.68. The molecule has 0 aliphatic carbocycles. The molecule has 8 heteroatoms. The number of carbonyl (C=O) groups is 1. The van der Waals surface area contributed by atoms with Crippen LogP contribution in [0.1, 0.15) is 15.4 Å². The van der Waals surface area contributed by atoms with E-state index in [-0.39, 0.29) is 16.3 Å². The van der Waals surface area contributed by atoms with Gasteiger partial charge in [-0.2, -0.15) is 0 Å². The summed E-state index contributed by atoms with van der Waals surface area (Å²) >= 11 is 0.938. The smallest absolute Gasteiger partial charge is 0.347 e. The summed E-state index contributed by atoms with van der Waals surface area (Å²) < 4.78 is 0. The standard InChI is InChI=1S/C11H9N3O4S/c1-6-9(10(15)16)19-11(12-6)13-7-4-2-3-5-8(7)14(17)18/h2-5H,1H3,(H,12,13)(H,15,16). The molecule has 0 fully saturated rings. The Morgan fingerprint density at radius 1 is 1.47 bits per heavy atom. The number of nitrogens with zero attached hydrogens (tertiary/aromatic N) is 2. The van der Waals surface area contributed by atoms with Crippen molar-refractivity contribution in [2.24, 2.45) is 0 Å². The van der Waals surface area contributed by atoms with E-state index in [4.69, 9.17) is 5.11 Å². The van der Waals surface area contributed by atoms with Gasteiger partial charge in [0.05, 0.1) is 10.6 Å². The summed E-state index contributed by atoms with van der Waals surface area (Å²) in [6, 6.07) is 6.10. The van der Waals surface area contributed by atoms with E-state index < -0.39 is 10.9 Å². The molecule has 0 saturated carbocycles. The second kappa shape index (κ2) is 5.02. The average molecular weight is 279 g/mol. The van der Waals surface area contributed by atoms with Crippen molar-refractivity contribution in [3.63, 3.8) is 0 Å². The number of aromatic nitrogens is 1. The normalized spacial score (nSPS) is 10.2. The van der Waals surface area contributed by atoms with Crippen LogP contribution in [-0.4, -0.2) is 21.0 Å². The molecule has 0 bridgehead atoms. The van der Waals surface area contributed by atoms with E-state index in [1.54, 1.807) is 19.1 Å². The Bertz CT molecular complexity index is 653. The fraction of sp³-hybridized carbons (Fsp3) is 0.0909. The number of rotatable bonds is 4. The van der Waals surface area contributed by atoms with Crippen molar-refractivity contribution in [2.75, 3.05) is 5.32 Å². The minimum Gasteiger partial charge on any atom is -0.477 e. The highest BCUT2D eigenvalue weighted by atomic mass is 32.1. The SMILES string of the molecule is Cc1nc(Nc2ccccc2[N+](=O)[O-])sc1C(=O)O. The third-order valence-electron chi connectivity index (χ3n) is 2.33. The zero-order valence-corrected chi connectivity index (χ0v) is 10.6. The monoisotopic (exact) mass is 279 g/mol. The quantitative estimate of drug-likeness (QED) is 0.658. The van der Waals surface area contributed by atoms with Crippen LogP contribution in [0.15, 0.2) is 24.3 Å². The molecule has 19 heavy (non-hydrogen) atoms. The number of hydrogen-bond donors (Lipinski definition) is 2. The summed E-state index contributed by atoms with van der Waals surface area (Å²) in [5, 5.41) is 22.9. The number of benzene rings is 1. The molecule has 0 radical (unpaired) electrons. The summed E-state index contributed by atoms with van der Waals surface area (Å²) in [5.74, 6) is -1.06. The van der Waals surface area contributed by atoms with Gasteiger partial charge in [-0.15, -0.1) is 0 Å². The van der Waals surface area contributed by atoms with Gasteiger partial charge in [0, 0.05) is 6.07 Å².